The van der Waals surface area contributed by atoms with Crippen molar-refractivity contribution in [3.8, 4) is 5.75 Å². The first-order chi connectivity index (χ1) is 8.79. The van der Waals surface area contributed by atoms with Crippen LogP contribution in [0.4, 0.5) is 5.69 Å². The van der Waals surface area contributed by atoms with E-state index in [1.807, 2.05) is 24.3 Å². The molecule has 0 radical (unpaired) electrons. The Morgan fingerprint density at radius 2 is 2.33 bits per heavy atom. The molecule has 1 heterocycles. The number of rotatable bonds is 5. The van der Waals surface area contributed by atoms with Crippen LogP contribution < -0.4 is 15.4 Å². The van der Waals surface area contributed by atoms with E-state index < -0.39 is 0 Å². The lowest BCUT2D eigenvalue weighted by atomic mass is 10.1. The fourth-order valence-corrected chi connectivity index (χ4v) is 2.29. The van der Waals surface area contributed by atoms with Crippen molar-refractivity contribution in [2.45, 2.75) is 25.4 Å². The standard InChI is InChI=1S/C14H22N2O2/c1-11(9-12-10-18-8-7-15-12)16-13-5-3-4-6-14(13)17-2/h3-6,11-12,15-16H,7-10H2,1-2H3. The number of ether oxygens (including phenoxy) is 2. The minimum Gasteiger partial charge on any atom is -0.495 e. The summed E-state index contributed by atoms with van der Waals surface area (Å²) in [5, 5.41) is 6.96. The molecule has 2 rings (SSSR count). The highest BCUT2D eigenvalue weighted by Crippen LogP contribution is 2.24. The summed E-state index contributed by atoms with van der Waals surface area (Å²) in [5.74, 6) is 0.886. The van der Waals surface area contributed by atoms with Crippen LogP contribution in [0.2, 0.25) is 0 Å². The fourth-order valence-electron chi connectivity index (χ4n) is 2.29. The van der Waals surface area contributed by atoms with Crippen LogP contribution in [-0.2, 0) is 4.74 Å². The molecule has 0 amide bonds. The highest BCUT2D eigenvalue weighted by atomic mass is 16.5. The van der Waals surface area contributed by atoms with E-state index >= 15 is 0 Å². The number of methoxy groups -OCH3 is 1. The molecule has 1 aromatic carbocycles. The van der Waals surface area contributed by atoms with Gasteiger partial charge in [0.05, 0.1) is 26.0 Å². The van der Waals surface area contributed by atoms with Crippen LogP contribution in [0.3, 0.4) is 0 Å². The number of benzene rings is 1. The number of para-hydroxylation sites is 2. The van der Waals surface area contributed by atoms with Gasteiger partial charge < -0.3 is 20.1 Å². The van der Waals surface area contributed by atoms with Gasteiger partial charge in [0.15, 0.2) is 0 Å². The van der Waals surface area contributed by atoms with Gasteiger partial charge in [-0.3, -0.25) is 0 Å². The molecule has 100 valence electrons. The molecule has 4 heteroatoms. The van der Waals surface area contributed by atoms with E-state index in [-0.39, 0.29) is 0 Å². The monoisotopic (exact) mass is 250 g/mol. The maximum absolute atomic E-state index is 5.46. The number of nitrogens with one attached hydrogen (secondary N) is 2. The third kappa shape index (κ3) is 3.62. The summed E-state index contributed by atoms with van der Waals surface area (Å²) in [5.41, 5.74) is 1.05. The molecule has 0 spiro atoms. The van der Waals surface area contributed by atoms with Crippen LogP contribution >= 0.6 is 0 Å². The zero-order valence-electron chi connectivity index (χ0n) is 11.1. The molecule has 1 aliphatic heterocycles. The summed E-state index contributed by atoms with van der Waals surface area (Å²) in [7, 11) is 1.70. The molecule has 0 bridgehead atoms. The highest BCUT2D eigenvalue weighted by Gasteiger charge is 2.16. The van der Waals surface area contributed by atoms with Crippen molar-refractivity contribution in [3.63, 3.8) is 0 Å². The van der Waals surface area contributed by atoms with Crippen molar-refractivity contribution in [2.75, 3.05) is 32.2 Å². The minimum atomic E-state index is 0.375. The average Bonchev–Trinajstić information content (AvgIpc) is 2.40. The first kappa shape index (κ1) is 13.2. The first-order valence-corrected chi connectivity index (χ1v) is 6.50. The van der Waals surface area contributed by atoms with Crippen molar-refractivity contribution in [1.29, 1.82) is 0 Å². The van der Waals surface area contributed by atoms with Gasteiger partial charge in [-0.25, -0.2) is 0 Å². The van der Waals surface area contributed by atoms with Gasteiger partial charge >= 0.3 is 0 Å². The van der Waals surface area contributed by atoms with Gasteiger partial charge in [-0.2, -0.15) is 0 Å². The predicted molar refractivity (Wildman–Crippen MR) is 73.3 cm³/mol. The van der Waals surface area contributed by atoms with Crippen LogP contribution in [0.5, 0.6) is 5.75 Å². The normalized spacial score (nSPS) is 21.3. The Kier molecular flexibility index (Phi) is 4.84. The molecule has 2 atom stereocenters. The lowest BCUT2D eigenvalue weighted by Gasteiger charge is -2.27. The molecule has 0 saturated carbocycles. The average molecular weight is 250 g/mol. The smallest absolute Gasteiger partial charge is 0.141 e. The maximum Gasteiger partial charge on any atom is 0.141 e. The third-order valence-electron chi connectivity index (χ3n) is 3.15. The van der Waals surface area contributed by atoms with E-state index in [1.54, 1.807) is 7.11 Å². The molecule has 1 fully saturated rings. The van der Waals surface area contributed by atoms with Crippen molar-refractivity contribution in [3.05, 3.63) is 24.3 Å². The van der Waals surface area contributed by atoms with Gasteiger partial charge in [0, 0.05) is 18.6 Å². The van der Waals surface area contributed by atoms with Gasteiger partial charge in [0.2, 0.25) is 0 Å². The number of morpholine rings is 1. The second-order valence-corrected chi connectivity index (χ2v) is 4.71. The van der Waals surface area contributed by atoms with Crippen molar-refractivity contribution in [2.24, 2.45) is 0 Å². The molecule has 2 N–H and O–H groups in total. The van der Waals surface area contributed by atoms with Gasteiger partial charge in [0.25, 0.3) is 0 Å². The zero-order valence-corrected chi connectivity index (χ0v) is 11.1. The van der Waals surface area contributed by atoms with Crippen molar-refractivity contribution < 1.29 is 9.47 Å². The molecule has 0 aliphatic carbocycles. The van der Waals surface area contributed by atoms with Crippen molar-refractivity contribution in [1.82, 2.24) is 5.32 Å². The Morgan fingerprint density at radius 3 is 3.06 bits per heavy atom. The summed E-state index contributed by atoms with van der Waals surface area (Å²) >= 11 is 0. The summed E-state index contributed by atoms with van der Waals surface area (Å²) in [6.45, 7) is 4.76. The molecule has 2 unspecified atom stereocenters. The van der Waals surface area contributed by atoms with Crippen LogP contribution in [0, 0.1) is 0 Å². The maximum atomic E-state index is 5.46. The van der Waals surface area contributed by atoms with Crippen LogP contribution in [0.25, 0.3) is 0 Å². The van der Waals surface area contributed by atoms with Gasteiger partial charge in [-0.1, -0.05) is 12.1 Å². The number of hydrogen-bond acceptors (Lipinski definition) is 4. The molecule has 4 nitrogen and oxygen atoms in total. The zero-order chi connectivity index (χ0) is 12.8. The molecular formula is C14H22N2O2. The fraction of sp³-hybridized carbons (Fsp3) is 0.571. The van der Waals surface area contributed by atoms with Crippen LogP contribution in [0.1, 0.15) is 13.3 Å². The molecule has 1 aromatic rings. The highest BCUT2D eigenvalue weighted by molar-refractivity contribution is 5.56. The SMILES string of the molecule is COc1ccccc1NC(C)CC1COCCN1. The summed E-state index contributed by atoms with van der Waals surface area (Å²) in [6, 6.07) is 8.82. The Balaban J connectivity index is 1.87. The number of anilines is 1. The Labute approximate surface area is 109 Å². The lowest BCUT2D eigenvalue weighted by molar-refractivity contribution is 0.0731. The molecule has 1 saturated heterocycles. The van der Waals surface area contributed by atoms with Gasteiger partial charge in [0.1, 0.15) is 5.75 Å². The predicted octanol–water partition coefficient (Wildman–Crippen LogP) is 1.87. The van der Waals surface area contributed by atoms with E-state index in [2.05, 4.69) is 17.6 Å². The molecule has 1 aliphatic rings. The van der Waals surface area contributed by atoms with Crippen molar-refractivity contribution >= 4 is 5.69 Å². The summed E-state index contributed by atoms with van der Waals surface area (Å²) in [4.78, 5) is 0. The number of hydrogen-bond donors (Lipinski definition) is 2. The van der Waals surface area contributed by atoms with E-state index in [0.717, 1.165) is 37.6 Å². The molecule has 0 aromatic heterocycles. The van der Waals surface area contributed by atoms with Crippen LogP contribution in [0.15, 0.2) is 24.3 Å². The lowest BCUT2D eigenvalue weighted by Crippen LogP contribution is -2.43. The Morgan fingerprint density at radius 1 is 1.50 bits per heavy atom. The first-order valence-electron chi connectivity index (χ1n) is 6.50. The van der Waals surface area contributed by atoms with Crippen LogP contribution in [-0.4, -0.2) is 39.0 Å². The summed E-state index contributed by atoms with van der Waals surface area (Å²) in [6.07, 6.45) is 1.04. The van der Waals surface area contributed by atoms with Gasteiger partial charge in [-0.05, 0) is 25.5 Å². The Bertz CT molecular complexity index is 365. The topological polar surface area (TPSA) is 42.5 Å². The third-order valence-corrected chi connectivity index (χ3v) is 3.15. The second kappa shape index (κ2) is 6.61. The Hall–Kier alpha value is -1.26. The van der Waals surface area contributed by atoms with Gasteiger partial charge in [-0.15, -0.1) is 0 Å². The molecular weight excluding hydrogens is 228 g/mol. The molecule has 18 heavy (non-hydrogen) atoms. The minimum absolute atomic E-state index is 0.375. The van der Waals surface area contributed by atoms with E-state index in [4.69, 9.17) is 9.47 Å². The quantitative estimate of drug-likeness (QED) is 0.837. The summed E-state index contributed by atoms with van der Waals surface area (Å²) < 4.78 is 10.8. The second-order valence-electron chi connectivity index (χ2n) is 4.71. The van der Waals surface area contributed by atoms with E-state index in [0.29, 0.717) is 12.1 Å². The van der Waals surface area contributed by atoms with E-state index in [1.165, 1.54) is 0 Å². The van der Waals surface area contributed by atoms with E-state index in [9.17, 15) is 0 Å². The largest absolute Gasteiger partial charge is 0.495 e.